The lowest BCUT2D eigenvalue weighted by molar-refractivity contribution is 0.214. The molecule has 2 fully saturated rings. The number of methoxy groups -OCH3 is 1. The fourth-order valence-corrected chi connectivity index (χ4v) is 4.47. The van der Waals surface area contributed by atoms with Crippen LogP contribution in [0.1, 0.15) is 36.8 Å². The number of rotatable bonds is 6. The van der Waals surface area contributed by atoms with Gasteiger partial charge in [0.2, 0.25) is 0 Å². The SMILES string of the molecule is COc1ccc(CN(C)CC2CC3CCC2C3)cc1CN. The summed E-state index contributed by atoms with van der Waals surface area (Å²) < 4.78 is 5.34. The van der Waals surface area contributed by atoms with E-state index in [1.165, 1.54) is 37.8 Å². The maximum Gasteiger partial charge on any atom is 0.123 e. The molecule has 0 radical (unpaired) electrons. The summed E-state index contributed by atoms with van der Waals surface area (Å²) in [7, 11) is 3.95. The number of nitrogens with zero attached hydrogens (tertiary/aromatic N) is 1. The third-order valence-corrected chi connectivity index (χ3v) is 5.45. The number of hydrogen-bond donors (Lipinski definition) is 1. The Kier molecular flexibility index (Phi) is 4.51. The van der Waals surface area contributed by atoms with E-state index >= 15 is 0 Å². The van der Waals surface area contributed by atoms with Crippen LogP contribution in [0.5, 0.6) is 5.75 Å². The van der Waals surface area contributed by atoms with E-state index in [0.29, 0.717) is 6.54 Å². The minimum atomic E-state index is 0.535. The lowest BCUT2D eigenvalue weighted by atomic mass is 9.88. The summed E-state index contributed by atoms with van der Waals surface area (Å²) in [6.07, 6.45) is 5.93. The van der Waals surface area contributed by atoms with Crippen molar-refractivity contribution in [2.45, 2.75) is 38.8 Å². The predicted molar refractivity (Wildman–Crippen MR) is 86.2 cm³/mol. The normalized spacial score (nSPS) is 27.5. The molecule has 3 atom stereocenters. The Bertz CT molecular complexity index is 488. The first-order valence-corrected chi connectivity index (χ1v) is 8.24. The molecular weight excluding hydrogens is 260 g/mol. The van der Waals surface area contributed by atoms with Gasteiger partial charge >= 0.3 is 0 Å². The Morgan fingerprint density at radius 2 is 2.14 bits per heavy atom. The molecule has 2 aliphatic rings. The average molecular weight is 288 g/mol. The zero-order valence-corrected chi connectivity index (χ0v) is 13.3. The van der Waals surface area contributed by atoms with Gasteiger partial charge < -0.3 is 15.4 Å². The van der Waals surface area contributed by atoms with E-state index in [1.54, 1.807) is 7.11 Å². The molecule has 0 heterocycles. The number of benzene rings is 1. The van der Waals surface area contributed by atoms with Crippen molar-refractivity contribution < 1.29 is 4.74 Å². The lowest BCUT2D eigenvalue weighted by Gasteiger charge is -2.27. The molecule has 2 saturated carbocycles. The summed E-state index contributed by atoms with van der Waals surface area (Å²) in [5.74, 6) is 3.88. The third kappa shape index (κ3) is 3.24. The molecule has 3 heteroatoms. The first-order valence-electron chi connectivity index (χ1n) is 8.24. The zero-order chi connectivity index (χ0) is 14.8. The van der Waals surface area contributed by atoms with Crippen molar-refractivity contribution in [2.75, 3.05) is 20.7 Å². The van der Waals surface area contributed by atoms with E-state index in [1.807, 2.05) is 6.07 Å². The van der Waals surface area contributed by atoms with Gasteiger partial charge in [0.15, 0.2) is 0 Å². The predicted octanol–water partition coefficient (Wildman–Crippen LogP) is 3.02. The first kappa shape index (κ1) is 14.9. The van der Waals surface area contributed by atoms with Crippen LogP contribution in [0, 0.1) is 17.8 Å². The summed E-state index contributed by atoms with van der Waals surface area (Å²) in [4.78, 5) is 2.48. The van der Waals surface area contributed by atoms with Crippen LogP contribution >= 0.6 is 0 Å². The van der Waals surface area contributed by atoms with Gasteiger partial charge in [-0.2, -0.15) is 0 Å². The van der Waals surface area contributed by atoms with Crippen LogP contribution in [0.15, 0.2) is 18.2 Å². The minimum absolute atomic E-state index is 0.535. The highest BCUT2D eigenvalue weighted by atomic mass is 16.5. The summed E-state index contributed by atoms with van der Waals surface area (Å²) in [5.41, 5.74) is 8.24. The van der Waals surface area contributed by atoms with Crippen LogP contribution < -0.4 is 10.5 Å². The first-order chi connectivity index (χ1) is 10.2. The summed E-state index contributed by atoms with van der Waals surface area (Å²) >= 11 is 0. The standard InChI is InChI=1S/C18H28N2O/c1-20(12-17-8-13-3-5-15(17)7-13)11-14-4-6-18(21-2)16(9-14)10-19/h4,6,9,13,15,17H,3,5,7-8,10-12,19H2,1-2H3. The monoisotopic (exact) mass is 288 g/mol. The van der Waals surface area contributed by atoms with Crippen LogP contribution in [-0.2, 0) is 13.1 Å². The highest BCUT2D eigenvalue weighted by molar-refractivity contribution is 5.37. The second-order valence-corrected chi connectivity index (χ2v) is 6.98. The zero-order valence-electron chi connectivity index (χ0n) is 13.3. The molecule has 1 aromatic carbocycles. The van der Waals surface area contributed by atoms with Gasteiger partial charge in [-0.25, -0.2) is 0 Å². The van der Waals surface area contributed by atoms with E-state index in [9.17, 15) is 0 Å². The molecule has 0 saturated heterocycles. The van der Waals surface area contributed by atoms with Gasteiger partial charge in [-0.15, -0.1) is 0 Å². The van der Waals surface area contributed by atoms with E-state index in [0.717, 1.165) is 35.6 Å². The van der Waals surface area contributed by atoms with Gasteiger partial charge in [0.05, 0.1) is 7.11 Å². The highest BCUT2D eigenvalue weighted by Gasteiger charge is 2.39. The molecule has 2 bridgehead atoms. The molecule has 3 nitrogen and oxygen atoms in total. The highest BCUT2D eigenvalue weighted by Crippen LogP contribution is 2.48. The average Bonchev–Trinajstić information content (AvgIpc) is 3.09. The number of nitrogens with two attached hydrogens (primary N) is 1. The van der Waals surface area contributed by atoms with Crippen LogP contribution in [0.3, 0.4) is 0 Å². The Morgan fingerprint density at radius 1 is 1.29 bits per heavy atom. The molecule has 2 aliphatic carbocycles. The molecule has 0 amide bonds. The Morgan fingerprint density at radius 3 is 2.76 bits per heavy atom. The van der Waals surface area contributed by atoms with Crippen molar-refractivity contribution >= 4 is 0 Å². The van der Waals surface area contributed by atoms with Crippen LogP contribution in [0.2, 0.25) is 0 Å². The van der Waals surface area contributed by atoms with Crippen LogP contribution in [0.4, 0.5) is 0 Å². The van der Waals surface area contributed by atoms with Gasteiger partial charge in [-0.3, -0.25) is 0 Å². The number of ether oxygens (including phenoxy) is 1. The van der Waals surface area contributed by atoms with Gasteiger partial charge in [0, 0.05) is 25.2 Å². The minimum Gasteiger partial charge on any atom is -0.496 e. The molecule has 3 unspecified atom stereocenters. The smallest absolute Gasteiger partial charge is 0.123 e. The molecule has 1 aromatic rings. The van der Waals surface area contributed by atoms with Gasteiger partial charge in [0.25, 0.3) is 0 Å². The van der Waals surface area contributed by atoms with Crippen molar-refractivity contribution in [3.05, 3.63) is 29.3 Å². The third-order valence-electron chi connectivity index (χ3n) is 5.45. The Labute approximate surface area is 128 Å². The van der Waals surface area contributed by atoms with Gasteiger partial charge in [-0.05, 0) is 61.8 Å². The van der Waals surface area contributed by atoms with Crippen LogP contribution in [-0.4, -0.2) is 25.6 Å². The molecule has 0 aliphatic heterocycles. The van der Waals surface area contributed by atoms with Crippen molar-refractivity contribution in [1.82, 2.24) is 4.90 Å². The van der Waals surface area contributed by atoms with Crippen LogP contribution in [0.25, 0.3) is 0 Å². The summed E-state index contributed by atoms with van der Waals surface area (Å²) in [6, 6.07) is 6.40. The molecular formula is C18H28N2O. The maximum atomic E-state index is 5.81. The van der Waals surface area contributed by atoms with Crippen molar-refractivity contribution in [3.8, 4) is 5.75 Å². The molecule has 0 spiro atoms. The van der Waals surface area contributed by atoms with Gasteiger partial charge in [-0.1, -0.05) is 12.5 Å². The van der Waals surface area contributed by atoms with Crippen molar-refractivity contribution in [3.63, 3.8) is 0 Å². The molecule has 3 rings (SSSR count). The van der Waals surface area contributed by atoms with E-state index in [4.69, 9.17) is 10.5 Å². The largest absolute Gasteiger partial charge is 0.496 e. The van der Waals surface area contributed by atoms with E-state index in [-0.39, 0.29) is 0 Å². The van der Waals surface area contributed by atoms with Crippen molar-refractivity contribution in [2.24, 2.45) is 23.5 Å². The van der Waals surface area contributed by atoms with E-state index < -0.39 is 0 Å². The lowest BCUT2D eigenvalue weighted by Crippen LogP contribution is -2.28. The summed E-state index contributed by atoms with van der Waals surface area (Å²) in [5, 5.41) is 0. The Hall–Kier alpha value is -1.06. The fraction of sp³-hybridized carbons (Fsp3) is 0.667. The maximum absolute atomic E-state index is 5.81. The summed E-state index contributed by atoms with van der Waals surface area (Å²) in [6.45, 7) is 2.78. The molecule has 0 aromatic heterocycles. The van der Waals surface area contributed by atoms with Gasteiger partial charge in [0.1, 0.15) is 5.75 Å². The fourth-order valence-electron chi connectivity index (χ4n) is 4.47. The molecule has 2 N–H and O–H groups in total. The molecule has 21 heavy (non-hydrogen) atoms. The molecule has 116 valence electrons. The van der Waals surface area contributed by atoms with Crippen molar-refractivity contribution in [1.29, 1.82) is 0 Å². The number of fused-ring (bicyclic) bond motifs is 2. The second kappa shape index (κ2) is 6.37. The number of hydrogen-bond acceptors (Lipinski definition) is 3. The Balaban J connectivity index is 1.58. The second-order valence-electron chi connectivity index (χ2n) is 6.98. The van der Waals surface area contributed by atoms with E-state index in [2.05, 4.69) is 24.1 Å². The quantitative estimate of drug-likeness (QED) is 0.874. The topological polar surface area (TPSA) is 38.5 Å².